The van der Waals surface area contributed by atoms with E-state index in [4.69, 9.17) is 27.9 Å². The van der Waals surface area contributed by atoms with Crippen molar-refractivity contribution in [2.24, 2.45) is 5.92 Å². The van der Waals surface area contributed by atoms with Gasteiger partial charge in [0.2, 0.25) is 5.91 Å². The molecule has 1 heterocycles. The average Bonchev–Trinajstić information content (AvgIpc) is 2.57. The fourth-order valence-electron chi connectivity index (χ4n) is 2.64. The van der Waals surface area contributed by atoms with Crippen LogP contribution in [-0.2, 0) is 9.53 Å². The topological polar surface area (TPSA) is 29.5 Å². The molecule has 3 unspecified atom stereocenters. The van der Waals surface area contributed by atoms with Gasteiger partial charge in [0.05, 0.1) is 0 Å². The molecule has 16 heavy (non-hydrogen) atoms. The first-order valence-electron chi connectivity index (χ1n) is 5.84. The lowest BCUT2D eigenvalue weighted by Crippen LogP contribution is -2.43. The van der Waals surface area contributed by atoms with Crippen molar-refractivity contribution in [1.82, 2.24) is 4.90 Å². The minimum absolute atomic E-state index is 0.0567. The van der Waals surface area contributed by atoms with Gasteiger partial charge in [-0.2, -0.15) is 0 Å². The standard InChI is InChI=1S/C11H17Cl2NO2/c1-7(15)14-9(12)10(13)16-11(14)8-5-3-2-4-6-8/h8-11H,2-6H2,1H3. The Hall–Kier alpha value is 0.01000. The first kappa shape index (κ1) is 12.5. The lowest BCUT2D eigenvalue weighted by atomic mass is 9.87. The Kier molecular flexibility index (Phi) is 3.98. The number of hydrogen-bond acceptors (Lipinski definition) is 2. The Labute approximate surface area is 106 Å². The number of carbonyl (C=O) groups is 1. The van der Waals surface area contributed by atoms with E-state index >= 15 is 0 Å². The largest absolute Gasteiger partial charge is 0.335 e. The van der Waals surface area contributed by atoms with Crippen LogP contribution in [0, 0.1) is 5.92 Å². The average molecular weight is 266 g/mol. The molecule has 0 N–H and O–H groups in total. The van der Waals surface area contributed by atoms with Crippen molar-refractivity contribution in [1.29, 1.82) is 0 Å². The zero-order chi connectivity index (χ0) is 11.7. The lowest BCUT2D eigenvalue weighted by Gasteiger charge is -2.32. The maximum absolute atomic E-state index is 11.6. The zero-order valence-electron chi connectivity index (χ0n) is 9.36. The fraction of sp³-hybridized carbons (Fsp3) is 0.909. The second-order valence-electron chi connectivity index (χ2n) is 4.57. The molecule has 0 bridgehead atoms. The molecule has 0 spiro atoms. The number of nitrogens with zero attached hydrogens (tertiary/aromatic N) is 1. The Morgan fingerprint density at radius 2 is 1.88 bits per heavy atom. The van der Waals surface area contributed by atoms with Crippen molar-refractivity contribution in [2.75, 3.05) is 0 Å². The highest BCUT2D eigenvalue weighted by Gasteiger charge is 2.45. The van der Waals surface area contributed by atoms with E-state index in [1.807, 2.05) is 0 Å². The van der Waals surface area contributed by atoms with E-state index < -0.39 is 11.1 Å². The summed E-state index contributed by atoms with van der Waals surface area (Å²) in [7, 11) is 0. The van der Waals surface area contributed by atoms with Crippen LogP contribution in [0.15, 0.2) is 0 Å². The molecule has 2 aliphatic rings. The van der Waals surface area contributed by atoms with E-state index in [1.54, 1.807) is 4.90 Å². The Balaban J connectivity index is 2.09. The molecule has 2 fully saturated rings. The minimum atomic E-state index is -0.586. The van der Waals surface area contributed by atoms with Crippen LogP contribution < -0.4 is 0 Å². The summed E-state index contributed by atoms with van der Waals surface area (Å²) in [5, 5.41) is 0. The van der Waals surface area contributed by atoms with Crippen molar-refractivity contribution < 1.29 is 9.53 Å². The second kappa shape index (κ2) is 5.11. The number of hydrogen-bond donors (Lipinski definition) is 0. The molecule has 1 saturated carbocycles. The molecule has 3 nitrogen and oxygen atoms in total. The van der Waals surface area contributed by atoms with E-state index in [2.05, 4.69) is 0 Å². The second-order valence-corrected chi connectivity index (χ2v) is 5.45. The third-order valence-corrected chi connectivity index (χ3v) is 4.35. The summed E-state index contributed by atoms with van der Waals surface area (Å²) in [4.78, 5) is 13.2. The van der Waals surface area contributed by atoms with Gasteiger partial charge < -0.3 is 4.74 Å². The van der Waals surface area contributed by atoms with Crippen LogP contribution in [0.5, 0.6) is 0 Å². The quantitative estimate of drug-likeness (QED) is 0.539. The molecule has 1 aliphatic carbocycles. The highest BCUT2D eigenvalue weighted by Crippen LogP contribution is 2.38. The molecule has 3 atom stereocenters. The molecule has 0 aromatic heterocycles. The van der Waals surface area contributed by atoms with Crippen molar-refractivity contribution in [3.05, 3.63) is 0 Å². The number of ether oxygens (including phenoxy) is 1. The molecule has 1 aliphatic heterocycles. The number of halogens is 2. The number of amides is 1. The van der Waals surface area contributed by atoms with Crippen LogP contribution >= 0.6 is 23.2 Å². The number of alkyl halides is 2. The Bertz CT molecular complexity index is 269. The van der Waals surface area contributed by atoms with Crippen LogP contribution in [0.4, 0.5) is 0 Å². The van der Waals surface area contributed by atoms with E-state index in [0.717, 1.165) is 12.8 Å². The summed E-state index contributed by atoms with van der Waals surface area (Å²) in [6, 6.07) is 0. The number of rotatable bonds is 1. The normalized spacial score (nSPS) is 36.7. The summed E-state index contributed by atoms with van der Waals surface area (Å²) in [6.45, 7) is 1.52. The van der Waals surface area contributed by atoms with Gasteiger partial charge in [0.15, 0.2) is 5.56 Å². The Morgan fingerprint density at radius 3 is 2.44 bits per heavy atom. The zero-order valence-corrected chi connectivity index (χ0v) is 10.9. The summed E-state index contributed by atoms with van der Waals surface area (Å²) >= 11 is 12.1. The van der Waals surface area contributed by atoms with Gasteiger partial charge in [0, 0.05) is 12.8 Å². The summed E-state index contributed by atoms with van der Waals surface area (Å²) in [5.41, 5.74) is -1.12. The van der Waals surface area contributed by atoms with Crippen molar-refractivity contribution >= 4 is 29.1 Å². The minimum Gasteiger partial charge on any atom is -0.335 e. The maximum Gasteiger partial charge on any atom is 0.222 e. The predicted molar refractivity (Wildman–Crippen MR) is 63.3 cm³/mol. The smallest absolute Gasteiger partial charge is 0.222 e. The van der Waals surface area contributed by atoms with Crippen LogP contribution in [0.2, 0.25) is 0 Å². The van der Waals surface area contributed by atoms with Crippen LogP contribution in [0.25, 0.3) is 0 Å². The van der Waals surface area contributed by atoms with E-state index in [9.17, 15) is 4.79 Å². The SMILES string of the molecule is CC(=O)N1C(Cl)C(Cl)OC1C1CCCCC1. The number of carbonyl (C=O) groups excluding carboxylic acids is 1. The highest BCUT2D eigenvalue weighted by molar-refractivity contribution is 6.30. The van der Waals surface area contributed by atoms with Gasteiger partial charge in [0.1, 0.15) is 11.7 Å². The lowest BCUT2D eigenvalue weighted by molar-refractivity contribution is -0.138. The summed E-state index contributed by atoms with van der Waals surface area (Å²) < 4.78 is 5.63. The Morgan fingerprint density at radius 1 is 1.25 bits per heavy atom. The molecule has 5 heteroatoms. The van der Waals surface area contributed by atoms with Gasteiger partial charge in [-0.05, 0) is 12.8 Å². The molecule has 0 radical (unpaired) electrons. The molecule has 0 aromatic rings. The van der Waals surface area contributed by atoms with Gasteiger partial charge in [-0.3, -0.25) is 9.69 Å². The van der Waals surface area contributed by atoms with Crippen LogP contribution in [0.1, 0.15) is 39.0 Å². The van der Waals surface area contributed by atoms with Crippen LogP contribution in [-0.4, -0.2) is 28.1 Å². The molecule has 2 rings (SSSR count). The van der Waals surface area contributed by atoms with Crippen molar-refractivity contribution in [3.63, 3.8) is 0 Å². The van der Waals surface area contributed by atoms with Gasteiger partial charge in [-0.15, -0.1) is 0 Å². The summed E-state index contributed by atoms with van der Waals surface area (Å²) in [6.07, 6.45) is 5.66. The van der Waals surface area contributed by atoms with Gasteiger partial charge >= 0.3 is 0 Å². The van der Waals surface area contributed by atoms with E-state index in [0.29, 0.717) is 5.92 Å². The third-order valence-electron chi connectivity index (χ3n) is 3.44. The molecular weight excluding hydrogens is 249 g/mol. The summed E-state index contributed by atoms with van der Waals surface area (Å²) in [5.74, 6) is 0.335. The maximum atomic E-state index is 11.6. The first-order chi connectivity index (χ1) is 7.61. The highest BCUT2D eigenvalue weighted by atomic mass is 35.5. The first-order valence-corrected chi connectivity index (χ1v) is 6.71. The molecule has 92 valence electrons. The van der Waals surface area contributed by atoms with Crippen molar-refractivity contribution in [2.45, 2.75) is 56.3 Å². The molecule has 1 amide bonds. The van der Waals surface area contributed by atoms with E-state index in [-0.39, 0.29) is 12.1 Å². The van der Waals surface area contributed by atoms with Crippen LogP contribution in [0.3, 0.4) is 0 Å². The van der Waals surface area contributed by atoms with Gasteiger partial charge in [-0.1, -0.05) is 42.5 Å². The van der Waals surface area contributed by atoms with Crippen molar-refractivity contribution in [3.8, 4) is 0 Å². The molecular formula is C11H17Cl2NO2. The van der Waals surface area contributed by atoms with Gasteiger partial charge in [0.25, 0.3) is 0 Å². The predicted octanol–water partition coefficient (Wildman–Crippen LogP) is 2.90. The molecule has 1 saturated heterocycles. The third kappa shape index (κ3) is 2.31. The van der Waals surface area contributed by atoms with E-state index in [1.165, 1.54) is 26.2 Å². The fourth-order valence-corrected chi connectivity index (χ4v) is 3.18. The molecule has 0 aromatic carbocycles. The van der Waals surface area contributed by atoms with Gasteiger partial charge in [-0.25, -0.2) is 0 Å². The monoisotopic (exact) mass is 265 g/mol.